The highest BCUT2D eigenvalue weighted by Gasteiger charge is 2.33. The number of halogens is 5. The molecule has 5 rings (SSSR count). The third kappa shape index (κ3) is 8.47. The van der Waals surface area contributed by atoms with Crippen LogP contribution in [0.4, 0.5) is 24.7 Å². The molecule has 1 fully saturated rings. The number of nitrogens with zero attached hydrogens (tertiary/aromatic N) is 4. The first-order valence-corrected chi connectivity index (χ1v) is 15.0. The Balaban J connectivity index is 1.18. The molecule has 0 unspecified atom stereocenters. The number of piperazine rings is 1. The van der Waals surface area contributed by atoms with Gasteiger partial charge in [-0.05, 0) is 65.7 Å². The number of amides is 2. The lowest BCUT2D eigenvalue weighted by atomic mass is 10.1. The maximum Gasteiger partial charge on any atom is 0.417 e. The van der Waals surface area contributed by atoms with Crippen molar-refractivity contribution in [1.82, 2.24) is 15.3 Å². The zero-order valence-corrected chi connectivity index (χ0v) is 26.0. The van der Waals surface area contributed by atoms with Gasteiger partial charge in [0, 0.05) is 49.0 Å². The Morgan fingerprint density at radius 1 is 0.956 bits per heavy atom. The van der Waals surface area contributed by atoms with Crippen molar-refractivity contribution in [3.8, 4) is 0 Å². The molecular formula is C32H27BrClF3N6O2. The molecular weight excluding hydrogens is 673 g/mol. The molecule has 1 saturated heterocycles. The smallest absolute Gasteiger partial charge is 0.354 e. The zero-order chi connectivity index (χ0) is 32.0. The maximum absolute atomic E-state index is 13.1. The molecule has 2 N–H and O–H groups in total. The van der Waals surface area contributed by atoms with Gasteiger partial charge in [-0.3, -0.25) is 14.5 Å². The highest BCUT2D eigenvalue weighted by Crippen LogP contribution is 2.35. The van der Waals surface area contributed by atoms with E-state index in [1.165, 1.54) is 12.1 Å². The second kappa shape index (κ2) is 14.2. The van der Waals surface area contributed by atoms with Crippen molar-refractivity contribution in [2.45, 2.75) is 12.7 Å². The number of aromatic nitrogens is 1. The van der Waals surface area contributed by atoms with E-state index in [0.717, 1.165) is 62.5 Å². The summed E-state index contributed by atoms with van der Waals surface area (Å²) in [7, 11) is 0. The van der Waals surface area contributed by atoms with Gasteiger partial charge in [-0.25, -0.2) is 10.4 Å². The number of carbonyl (C=O) groups excluding carboxylic acids is 2. The van der Waals surface area contributed by atoms with Crippen molar-refractivity contribution in [1.29, 1.82) is 0 Å². The average Bonchev–Trinajstić information content (AvgIpc) is 3.03. The van der Waals surface area contributed by atoms with Crippen molar-refractivity contribution in [3.63, 3.8) is 0 Å². The molecule has 1 aromatic heterocycles. The zero-order valence-electron chi connectivity index (χ0n) is 23.7. The van der Waals surface area contributed by atoms with E-state index in [9.17, 15) is 22.8 Å². The molecule has 232 valence electrons. The Hall–Kier alpha value is -4.26. The molecule has 13 heteroatoms. The van der Waals surface area contributed by atoms with E-state index in [0.29, 0.717) is 10.0 Å². The van der Waals surface area contributed by atoms with Crippen LogP contribution in [0.5, 0.6) is 0 Å². The Kier molecular flexibility index (Phi) is 10.2. The number of hydrogen-bond donors (Lipinski definition) is 2. The topological polar surface area (TPSA) is 89.9 Å². The van der Waals surface area contributed by atoms with Crippen molar-refractivity contribution in [3.05, 3.63) is 122 Å². The number of carbonyl (C=O) groups is 2. The molecule has 0 bridgehead atoms. The van der Waals surface area contributed by atoms with Crippen molar-refractivity contribution < 1.29 is 22.8 Å². The summed E-state index contributed by atoms with van der Waals surface area (Å²) < 4.78 is 40.0. The molecule has 1 aliphatic heterocycles. The summed E-state index contributed by atoms with van der Waals surface area (Å²) in [6.07, 6.45) is -1.77. The molecule has 0 saturated carbocycles. The predicted octanol–water partition coefficient (Wildman–Crippen LogP) is 6.85. The summed E-state index contributed by atoms with van der Waals surface area (Å²) >= 11 is 8.97. The van der Waals surface area contributed by atoms with Crippen molar-refractivity contribution in [2.75, 3.05) is 36.4 Å². The summed E-state index contributed by atoms with van der Waals surface area (Å²) in [6, 6.07) is 21.2. The van der Waals surface area contributed by atoms with E-state index in [1.54, 1.807) is 30.5 Å². The van der Waals surface area contributed by atoms with E-state index >= 15 is 0 Å². The first kappa shape index (κ1) is 32.1. The number of hydrazone groups is 1. The lowest BCUT2D eigenvalue weighted by molar-refractivity contribution is -0.137. The lowest BCUT2D eigenvalue weighted by Gasteiger charge is -2.35. The van der Waals surface area contributed by atoms with Crippen LogP contribution in [0.25, 0.3) is 0 Å². The SMILES string of the molecule is O=C(Nc1ccc(Br)cc1C(=O)NN=Cc1ccc(Cl)c(C(F)(F)F)c1)c1ccc(CN2CCN(c3ccccn3)CC2)cc1. The fourth-order valence-corrected chi connectivity index (χ4v) is 5.36. The molecule has 0 radical (unpaired) electrons. The molecule has 3 aromatic carbocycles. The highest BCUT2D eigenvalue weighted by atomic mass is 79.9. The number of pyridine rings is 1. The van der Waals surface area contributed by atoms with Crippen LogP contribution in [0, 0.1) is 0 Å². The average molecular weight is 700 g/mol. The fraction of sp³-hybridized carbons (Fsp3) is 0.188. The summed E-state index contributed by atoms with van der Waals surface area (Å²) in [6.45, 7) is 4.30. The van der Waals surface area contributed by atoms with Gasteiger partial charge in [0.1, 0.15) is 5.82 Å². The van der Waals surface area contributed by atoms with Gasteiger partial charge in [-0.2, -0.15) is 18.3 Å². The van der Waals surface area contributed by atoms with Gasteiger partial charge in [0.15, 0.2) is 0 Å². The van der Waals surface area contributed by atoms with Crippen LogP contribution in [-0.4, -0.2) is 54.1 Å². The number of anilines is 2. The van der Waals surface area contributed by atoms with Gasteiger partial charge >= 0.3 is 6.18 Å². The van der Waals surface area contributed by atoms with Crippen LogP contribution in [0.2, 0.25) is 5.02 Å². The molecule has 0 aliphatic carbocycles. The quantitative estimate of drug-likeness (QED) is 0.155. The molecule has 0 atom stereocenters. The number of hydrogen-bond acceptors (Lipinski definition) is 6. The van der Waals surface area contributed by atoms with E-state index in [-0.39, 0.29) is 16.8 Å². The second-order valence-corrected chi connectivity index (χ2v) is 11.6. The molecule has 8 nitrogen and oxygen atoms in total. The van der Waals surface area contributed by atoms with Crippen LogP contribution in [0.15, 0.2) is 94.6 Å². The van der Waals surface area contributed by atoms with Gasteiger partial charge in [-0.1, -0.05) is 51.8 Å². The summed E-state index contributed by atoms with van der Waals surface area (Å²) in [4.78, 5) is 35.1. The number of rotatable bonds is 8. The number of alkyl halides is 3. The largest absolute Gasteiger partial charge is 0.417 e. The van der Waals surface area contributed by atoms with Crippen molar-refractivity contribution in [2.24, 2.45) is 5.10 Å². The first-order chi connectivity index (χ1) is 21.6. The van der Waals surface area contributed by atoms with Crippen molar-refractivity contribution >= 4 is 57.1 Å². The van der Waals surface area contributed by atoms with E-state index in [2.05, 4.69) is 46.6 Å². The number of nitrogens with one attached hydrogen (secondary N) is 2. The molecule has 0 spiro atoms. The highest BCUT2D eigenvalue weighted by molar-refractivity contribution is 9.10. The predicted molar refractivity (Wildman–Crippen MR) is 172 cm³/mol. The van der Waals surface area contributed by atoms with E-state index in [4.69, 9.17) is 11.6 Å². The van der Waals surface area contributed by atoms with Gasteiger partial charge in [0.2, 0.25) is 0 Å². The van der Waals surface area contributed by atoms with Gasteiger partial charge < -0.3 is 10.2 Å². The molecule has 45 heavy (non-hydrogen) atoms. The van der Waals surface area contributed by atoms with Crippen LogP contribution in [0.3, 0.4) is 0 Å². The normalized spacial score (nSPS) is 14.0. The maximum atomic E-state index is 13.1. The van der Waals surface area contributed by atoms with Crippen LogP contribution >= 0.6 is 27.5 Å². The molecule has 4 aromatic rings. The standard InChI is InChI=1S/C32H27BrClF3N6O2/c33-24-9-11-28(25(18-24)31(45)41-39-19-22-6-10-27(34)26(17-22)32(35,36)37)40-30(44)23-7-4-21(5-8-23)20-42-13-15-43(16-14-42)29-3-1-2-12-38-29/h1-12,17-19H,13-16,20H2,(H,40,44)(H,41,45). The summed E-state index contributed by atoms with van der Waals surface area (Å²) in [5, 5.41) is 6.10. The van der Waals surface area contributed by atoms with E-state index in [1.807, 2.05) is 30.3 Å². The Morgan fingerprint density at radius 3 is 2.40 bits per heavy atom. The third-order valence-electron chi connectivity index (χ3n) is 7.12. The van der Waals surface area contributed by atoms with Gasteiger partial charge in [0.25, 0.3) is 11.8 Å². The van der Waals surface area contributed by atoms with Crippen LogP contribution in [0.1, 0.15) is 37.4 Å². The molecule has 2 heterocycles. The van der Waals surface area contributed by atoms with Crippen LogP contribution in [-0.2, 0) is 12.7 Å². The van der Waals surface area contributed by atoms with Crippen LogP contribution < -0.4 is 15.6 Å². The fourth-order valence-electron chi connectivity index (χ4n) is 4.77. The third-order valence-corrected chi connectivity index (χ3v) is 7.94. The van der Waals surface area contributed by atoms with E-state index < -0.39 is 28.6 Å². The van der Waals surface area contributed by atoms with Gasteiger partial charge in [0.05, 0.1) is 28.1 Å². The Labute approximate surface area is 271 Å². The Morgan fingerprint density at radius 2 is 1.71 bits per heavy atom. The second-order valence-electron chi connectivity index (χ2n) is 10.2. The molecule has 1 aliphatic rings. The first-order valence-electron chi connectivity index (χ1n) is 13.8. The monoisotopic (exact) mass is 698 g/mol. The summed E-state index contributed by atoms with van der Waals surface area (Å²) in [5.41, 5.74) is 3.19. The van der Waals surface area contributed by atoms with Gasteiger partial charge in [-0.15, -0.1) is 0 Å². The minimum atomic E-state index is -4.63. The summed E-state index contributed by atoms with van der Waals surface area (Å²) in [5.74, 6) is -0.106. The Bertz CT molecular complexity index is 1700. The minimum Gasteiger partial charge on any atom is -0.354 e. The lowest BCUT2D eigenvalue weighted by Crippen LogP contribution is -2.46. The molecule has 2 amide bonds. The minimum absolute atomic E-state index is 0.0879. The number of benzene rings is 3.